The Bertz CT molecular complexity index is 772. The summed E-state index contributed by atoms with van der Waals surface area (Å²) in [6.45, 7) is 0. The van der Waals surface area contributed by atoms with Crippen molar-refractivity contribution in [3.8, 4) is 5.75 Å². The Balaban J connectivity index is 1.84. The van der Waals surface area contributed by atoms with Crippen LogP contribution in [0, 0.1) is 5.92 Å². The second kappa shape index (κ2) is 5.88. The zero-order valence-electron chi connectivity index (χ0n) is 12.7. The van der Waals surface area contributed by atoms with Crippen LogP contribution in [0.5, 0.6) is 5.75 Å². The molecular formula is C19H17BrClNO. The van der Waals surface area contributed by atoms with Crippen LogP contribution >= 0.6 is 27.5 Å². The fraction of sp³-hybridized carbons (Fsp3) is 0.263. The summed E-state index contributed by atoms with van der Waals surface area (Å²) in [7, 11) is 1.70. The minimum atomic E-state index is 0.253. The second-order valence-corrected chi connectivity index (χ2v) is 7.39. The van der Waals surface area contributed by atoms with Gasteiger partial charge >= 0.3 is 0 Å². The molecule has 2 aromatic carbocycles. The highest BCUT2D eigenvalue weighted by Gasteiger charge is 2.40. The molecule has 0 spiro atoms. The number of allylic oxidation sites excluding steroid dienone is 2. The van der Waals surface area contributed by atoms with Crippen molar-refractivity contribution in [1.29, 1.82) is 0 Å². The third kappa shape index (κ3) is 2.47. The monoisotopic (exact) mass is 389 g/mol. The highest BCUT2D eigenvalue weighted by Crippen LogP contribution is 2.54. The van der Waals surface area contributed by atoms with E-state index >= 15 is 0 Å². The maximum Gasteiger partial charge on any atom is 0.142 e. The lowest BCUT2D eigenvalue weighted by atomic mass is 9.77. The topological polar surface area (TPSA) is 21.3 Å². The lowest BCUT2D eigenvalue weighted by Crippen LogP contribution is -2.29. The van der Waals surface area contributed by atoms with Gasteiger partial charge in [0.2, 0.25) is 0 Å². The van der Waals surface area contributed by atoms with Crippen molar-refractivity contribution in [2.24, 2.45) is 5.92 Å². The predicted octanol–water partition coefficient (Wildman–Crippen LogP) is 5.94. The van der Waals surface area contributed by atoms with E-state index in [-0.39, 0.29) is 6.04 Å². The summed E-state index contributed by atoms with van der Waals surface area (Å²) >= 11 is 10.0. The molecule has 2 aromatic rings. The number of halogens is 2. The van der Waals surface area contributed by atoms with E-state index in [9.17, 15) is 0 Å². The van der Waals surface area contributed by atoms with Gasteiger partial charge in [-0.05, 0) is 42.2 Å². The van der Waals surface area contributed by atoms with Gasteiger partial charge in [0.1, 0.15) is 5.75 Å². The molecule has 4 heteroatoms. The first-order valence-electron chi connectivity index (χ1n) is 7.74. The Morgan fingerprint density at radius 1 is 1.17 bits per heavy atom. The maximum atomic E-state index is 6.52. The van der Waals surface area contributed by atoms with Crippen molar-refractivity contribution < 1.29 is 4.74 Å². The Morgan fingerprint density at radius 3 is 2.70 bits per heavy atom. The molecule has 2 nitrogen and oxygen atoms in total. The molecule has 4 rings (SSSR count). The van der Waals surface area contributed by atoms with E-state index < -0.39 is 0 Å². The normalized spacial score (nSPS) is 24.7. The average molecular weight is 391 g/mol. The van der Waals surface area contributed by atoms with E-state index in [0.29, 0.717) is 11.8 Å². The molecule has 1 aliphatic heterocycles. The Kier molecular flexibility index (Phi) is 3.86. The zero-order valence-corrected chi connectivity index (χ0v) is 15.1. The highest BCUT2D eigenvalue weighted by atomic mass is 79.9. The summed E-state index contributed by atoms with van der Waals surface area (Å²) < 4.78 is 6.66. The Morgan fingerprint density at radius 2 is 1.96 bits per heavy atom. The number of nitrogens with one attached hydrogen (secondary N) is 1. The van der Waals surface area contributed by atoms with Crippen LogP contribution in [0.2, 0.25) is 5.02 Å². The molecule has 23 heavy (non-hydrogen) atoms. The number of fused-ring (bicyclic) bond motifs is 3. The van der Waals surface area contributed by atoms with E-state index in [0.717, 1.165) is 32.9 Å². The first kappa shape index (κ1) is 15.1. The standard InChI is InChI=1S/C19H17BrClNO/c1-23-16-10-9-15(21)17-13-3-2-4-14(13)18(22-19(16)17)11-5-7-12(20)8-6-11/h2-3,5-10,13-14,18,22H,4H2,1H3. The van der Waals surface area contributed by atoms with E-state index in [1.54, 1.807) is 7.11 Å². The van der Waals surface area contributed by atoms with Crippen molar-refractivity contribution in [1.82, 2.24) is 0 Å². The van der Waals surface area contributed by atoms with Gasteiger partial charge in [-0.3, -0.25) is 0 Å². The number of anilines is 1. The summed E-state index contributed by atoms with van der Waals surface area (Å²) in [6, 6.07) is 12.7. The van der Waals surface area contributed by atoms with Gasteiger partial charge in [0.25, 0.3) is 0 Å². The fourth-order valence-electron chi connectivity index (χ4n) is 3.81. The van der Waals surface area contributed by atoms with Gasteiger partial charge in [-0.2, -0.15) is 0 Å². The van der Waals surface area contributed by atoms with Crippen molar-refractivity contribution in [2.75, 3.05) is 12.4 Å². The van der Waals surface area contributed by atoms with E-state index in [1.807, 2.05) is 12.1 Å². The maximum absolute atomic E-state index is 6.52. The molecule has 1 heterocycles. The van der Waals surface area contributed by atoms with Crippen molar-refractivity contribution in [3.63, 3.8) is 0 Å². The summed E-state index contributed by atoms with van der Waals surface area (Å²) in [5, 5.41) is 4.51. The van der Waals surface area contributed by atoms with Crippen molar-refractivity contribution in [3.05, 3.63) is 69.2 Å². The zero-order chi connectivity index (χ0) is 16.0. The largest absolute Gasteiger partial charge is 0.495 e. The van der Waals surface area contributed by atoms with Crippen molar-refractivity contribution >= 4 is 33.2 Å². The Labute approximate surface area is 149 Å². The van der Waals surface area contributed by atoms with Gasteiger partial charge in [-0.25, -0.2) is 0 Å². The van der Waals surface area contributed by atoms with Crippen LogP contribution in [0.1, 0.15) is 29.5 Å². The molecule has 0 amide bonds. The Hall–Kier alpha value is -1.45. The van der Waals surface area contributed by atoms with Gasteiger partial charge in [0, 0.05) is 21.0 Å². The summed E-state index contributed by atoms with van der Waals surface area (Å²) in [4.78, 5) is 0. The van der Waals surface area contributed by atoms with Crippen LogP contribution in [0.4, 0.5) is 5.69 Å². The first-order valence-corrected chi connectivity index (χ1v) is 8.91. The second-order valence-electron chi connectivity index (χ2n) is 6.07. The minimum absolute atomic E-state index is 0.253. The molecule has 0 bridgehead atoms. The number of rotatable bonds is 2. The fourth-order valence-corrected chi connectivity index (χ4v) is 4.36. The molecule has 0 radical (unpaired) electrons. The molecule has 3 unspecified atom stereocenters. The smallest absolute Gasteiger partial charge is 0.142 e. The van der Waals surface area contributed by atoms with Crippen LogP contribution in [-0.4, -0.2) is 7.11 Å². The first-order chi connectivity index (χ1) is 11.2. The van der Waals surface area contributed by atoms with E-state index in [4.69, 9.17) is 16.3 Å². The molecule has 1 aliphatic carbocycles. The highest BCUT2D eigenvalue weighted by molar-refractivity contribution is 9.10. The average Bonchev–Trinajstić information content (AvgIpc) is 3.04. The van der Waals surface area contributed by atoms with Crippen LogP contribution in [0.3, 0.4) is 0 Å². The lowest BCUT2D eigenvalue weighted by molar-refractivity contribution is 0.397. The molecule has 0 aromatic heterocycles. The molecule has 2 aliphatic rings. The van der Waals surface area contributed by atoms with Crippen molar-refractivity contribution in [2.45, 2.75) is 18.4 Å². The summed E-state index contributed by atoms with van der Waals surface area (Å²) in [6.07, 6.45) is 5.63. The number of methoxy groups -OCH3 is 1. The predicted molar refractivity (Wildman–Crippen MR) is 98.5 cm³/mol. The van der Waals surface area contributed by atoms with Gasteiger partial charge < -0.3 is 10.1 Å². The van der Waals surface area contributed by atoms with Gasteiger partial charge in [0.05, 0.1) is 18.8 Å². The summed E-state index contributed by atoms with van der Waals surface area (Å²) in [5.74, 6) is 1.67. The molecule has 0 fully saturated rings. The van der Waals surface area contributed by atoms with Gasteiger partial charge in [-0.15, -0.1) is 0 Å². The minimum Gasteiger partial charge on any atom is -0.495 e. The third-order valence-electron chi connectivity index (χ3n) is 4.88. The van der Waals surface area contributed by atoms with E-state index in [2.05, 4.69) is 57.7 Å². The lowest BCUT2D eigenvalue weighted by Gasteiger charge is -2.38. The number of hydrogen-bond acceptors (Lipinski definition) is 2. The molecule has 3 atom stereocenters. The quantitative estimate of drug-likeness (QED) is 0.641. The third-order valence-corrected chi connectivity index (χ3v) is 5.74. The molecule has 1 N–H and O–H groups in total. The van der Waals surface area contributed by atoms with Crippen LogP contribution in [0.15, 0.2) is 53.0 Å². The molecule has 118 valence electrons. The van der Waals surface area contributed by atoms with Gasteiger partial charge in [0.15, 0.2) is 0 Å². The molecule has 0 saturated carbocycles. The number of hydrogen-bond donors (Lipinski definition) is 1. The SMILES string of the molecule is COc1ccc(Cl)c2c1NC(c1ccc(Br)cc1)C1CC=CC21. The molecular weight excluding hydrogens is 374 g/mol. The number of benzene rings is 2. The summed E-state index contributed by atoms with van der Waals surface area (Å²) in [5.41, 5.74) is 3.48. The number of ether oxygens (including phenoxy) is 1. The van der Waals surface area contributed by atoms with Gasteiger partial charge in [-0.1, -0.05) is 51.8 Å². The van der Waals surface area contributed by atoms with Crippen LogP contribution in [0.25, 0.3) is 0 Å². The van der Waals surface area contributed by atoms with E-state index in [1.165, 1.54) is 5.56 Å². The molecule has 0 saturated heterocycles. The van der Waals surface area contributed by atoms with Crippen LogP contribution < -0.4 is 10.1 Å². The van der Waals surface area contributed by atoms with Crippen LogP contribution in [-0.2, 0) is 0 Å².